The maximum atomic E-state index is 11.0. The molecule has 11 heavy (non-hydrogen) atoms. The van der Waals surface area contributed by atoms with Gasteiger partial charge < -0.3 is 5.32 Å². The first-order valence-electron chi connectivity index (χ1n) is 4.02. The predicted octanol–water partition coefficient (Wildman–Crippen LogP) is 1.22. The number of carbonyl (C=O) groups excluding carboxylic acids is 1. The minimum atomic E-state index is 0.0551. The van der Waals surface area contributed by atoms with E-state index in [4.69, 9.17) is 0 Å². The monoisotopic (exact) mass is 173 g/mol. The van der Waals surface area contributed by atoms with Crippen LogP contribution in [0.5, 0.6) is 0 Å². The molecule has 1 N–H and O–H groups in total. The average Bonchev–Trinajstić information content (AvgIpc) is 2.69. The Labute approximate surface area is 73.2 Å². The lowest BCUT2D eigenvalue weighted by atomic mass is 10.0. The van der Waals surface area contributed by atoms with Gasteiger partial charge in [-0.15, -0.1) is 0 Å². The molecule has 0 aliphatic heterocycles. The molecule has 0 heterocycles. The molecule has 0 saturated heterocycles. The summed E-state index contributed by atoms with van der Waals surface area (Å²) in [5.74, 6) is 0.903. The molecule has 1 aliphatic rings. The molecule has 64 valence electrons. The van der Waals surface area contributed by atoms with Gasteiger partial charge in [-0.2, -0.15) is 12.6 Å². The van der Waals surface area contributed by atoms with Crippen LogP contribution in [0.4, 0.5) is 0 Å². The second kappa shape index (κ2) is 3.05. The zero-order valence-corrected chi connectivity index (χ0v) is 7.95. The molecular weight excluding hydrogens is 158 g/mol. The van der Waals surface area contributed by atoms with E-state index in [2.05, 4.69) is 31.8 Å². The third kappa shape index (κ3) is 1.89. The van der Waals surface area contributed by atoms with Crippen molar-refractivity contribution < 1.29 is 4.79 Å². The highest BCUT2D eigenvalue weighted by molar-refractivity contribution is 7.81. The van der Waals surface area contributed by atoms with Crippen molar-refractivity contribution >= 4 is 18.5 Å². The van der Waals surface area contributed by atoms with Crippen LogP contribution in [-0.4, -0.2) is 17.2 Å². The molecular formula is C8H15NOS. The lowest BCUT2D eigenvalue weighted by Crippen LogP contribution is -2.41. The molecule has 3 heteroatoms. The van der Waals surface area contributed by atoms with E-state index in [1.165, 1.54) is 0 Å². The maximum Gasteiger partial charge on any atom is 0.230 e. The first-order chi connectivity index (χ1) is 5.10. The summed E-state index contributed by atoms with van der Waals surface area (Å²) in [5.41, 5.74) is 0.125. The molecule has 0 aromatic carbocycles. The summed E-state index contributed by atoms with van der Waals surface area (Å²) in [6, 6.07) is 0. The van der Waals surface area contributed by atoms with E-state index in [9.17, 15) is 4.79 Å². The van der Waals surface area contributed by atoms with Crippen LogP contribution in [0.3, 0.4) is 0 Å². The Balaban J connectivity index is 2.41. The molecule has 0 aromatic heterocycles. The molecule has 1 saturated carbocycles. The minimum Gasteiger partial charge on any atom is -0.350 e. The van der Waals surface area contributed by atoms with Crippen LogP contribution in [0.1, 0.15) is 26.7 Å². The Morgan fingerprint density at radius 1 is 1.64 bits per heavy atom. The van der Waals surface area contributed by atoms with Gasteiger partial charge in [-0.3, -0.25) is 4.79 Å². The molecule has 0 bridgehead atoms. The third-order valence-corrected chi connectivity index (χ3v) is 2.71. The van der Waals surface area contributed by atoms with Gasteiger partial charge in [-0.25, -0.2) is 0 Å². The Hall–Kier alpha value is -0.180. The first kappa shape index (κ1) is 8.91. The standard InChI is InChI=1S/C8H15NOS/c1-6(2)8(3-4-8)9-7(10)5-11/h6,11H,3-5H2,1-2H3,(H,9,10). The Morgan fingerprint density at radius 2 is 2.18 bits per heavy atom. The highest BCUT2D eigenvalue weighted by atomic mass is 32.1. The van der Waals surface area contributed by atoms with Crippen LogP contribution < -0.4 is 5.32 Å². The van der Waals surface area contributed by atoms with Gasteiger partial charge in [-0.1, -0.05) is 13.8 Å². The zero-order chi connectivity index (χ0) is 8.48. The van der Waals surface area contributed by atoms with E-state index in [1.807, 2.05) is 0 Å². The second-order valence-corrected chi connectivity index (χ2v) is 3.83. The minimum absolute atomic E-state index is 0.0551. The molecule has 0 aromatic rings. The van der Waals surface area contributed by atoms with Gasteiger partial charge in [0.1, 0.15) is 0 Å². The number of nitrogens with one attached hydrogen (secondary N) is 1. The van der Waals surface area contributed by atoms with Gasteiger partial charge in [0.2, 0.25) is 5.91 Å². The highest BCUT2D eigenvalue weighted by Crippen LogP contribution is 2.41. The fraction of sp³-hybridized carbons (Fsp3) is 0.875. The largest absolute Gasteiger partial charge is 0.350 e. The SMILES string of the molecule is CC(C)C1(NC(=O)CS)CC1. The number of carbonyl (C=O) groups is 1. The quantitative estimate of drug-likeness (QED) is 0.617. The summed E-state index contributed by atoms with van der Waals surface area (Å²) in [6.45, 7) is 4.29. The Kier molecular flexibility index (Phi) is 2.47. The number of amides is 1. The zero-order valence-electron chi connectivity index (χ0n) is 7.05. The van der Waals surface area contributed by atoms with Crippen molar-refractivity contribution in [2.45, 2.75) is 32.2 Å². The topological polar surface area (TPSA) is 29.1 Å². The van der Waals surface area contributed by atoms with E-state index in [0.717, 1.165) is 12.8 Å². The van der Waals surface area contributed by atoms with Crippen molar-refractivity contribution in [1.29, 1.82) is 0 Å². The summed E-state index contributed by atoms with van der Waals surface area (Å²) in [5, 5.41) is 3.00. The maximum absolute atomic E-state index is 11.0. The molecule has 0 radical (unpaired) electrons. The van der Waals surface area contributed by atoms with Crippen molar-refractivity contribution in [3.05, 3.63) is 0 Å². The van der Waals surface area contributed by atoms with Crippen LogP contribution in [0, 0.1) is 5.92 Å². The van der Waals surface area contributed by atoms with Gasteiger partial charge in [-0.05, 0) is 18.8 Å². The first-order valence-corrected chi connectivity index (χ1v) is 4.66. The van der Waals surface area contributed by atoms with E-state index in [-0.39, 0.29) is 11.4 Å². The van der Waals surface area contributed by atoms with E-state index >= 15 is 0 Å². The van der Waals surface area contributed by atoms with E-state index in [0.29, 0.717) is 11.7 Å². The fourth-order valence-corrected chi connectivity index (χ4v) is 1.38. The normalized spacial score (nSPS) is 20.0. The van der Waals surface area contributed by atoms with Crippen molar-refractivity contribution in [2.24, 2.45) is 5.92 Å². The van der Waals surface area contributed by atoms with Crippen LogP contribution >= 0.6 is 12.6 Å². The lowest BCUT2D eigenvalue weighted by molar-refractivity contribution is -0.119. The molecule has 1 rings (SSSR count). The Bertz CT molecular complexity index is 163. The molecule has 0 spiro atoms. The van der Waals surface area contributed by atoms with E-state index < -0.39 is 0 Å². The van der Waals surface area contributed by atoms with Crippen molar-refractivity contribution in [1.82, 2.24) is 5.32 Å². The number of thiol groups is 1. The van der Waals surface area contributed by atoms with Crippen LogP contribution in [0.15, 0.2) is 0 Å². The van der Waals surface area contributed by atoms with Gasteiger partial charge in [0.15, 0.2) is 0 Å². The fourth-order valence-electron chi connectivity index (χ4n) is 1.30. The van der Waals surface area contributed by atoms with Gasteiger partial charge in [0.05, 0.1) is 5.75 Å². The molecule has 0 unspecified atom stereocenters. The predicted molar refractivity (Wildman–Crippen MR) is 48.8 cm³/mol. The van der Waals surface area contributed by atoms with Crippen molar-refractivity contribution in [3.8, 4) is 0 Å². The lowest BCUT2D eigenvalue weighted by Gasteiger charge is -2.20. The summed E-state index contributed by atoms with van der Waals surface area (Å²) in [4.78, 5) is 11.0. The van der Waals surface area contributed by atoms with Crippen molar-refractivity contribution in [3.63, 3.8) is 0 Å². The smallest absolute Gasteiger partial charge is 0.230 e. The summed E-state index contributed by atoms with van der Waals surface area (Å²) in [7, 11) is 0. The Morgan fingerprint density at radius 3 is 2.45 bits per heavy atom. The van der Waals surface area contributed by atoms with Crippen LogP contribution in [0.2, 0.25) is 0 Å². The molecule has 1 fully saturated rings. The average molecular weight is 173 g/mol. The number of hydrogen-bond donors (Lipinski definition) is 2. The van der Waals surface area contributed by atoms with Gasteiger partial charge >= 0.3 is 0 Å². The second-order valence-electron chi connectivity index (χ2n) is 3.52. The number of rotatable bonds is 3. The van der Waals surface area contributed by atoms with Gasteiger partial charge in [0.25, 0.3) is 0 Å². The molecule has 1 aliphatic carbocycles. The van der Waals surface area contributed by atoms with E-state index in [1.54, 1.807) is 0 Å². The molecule has 1 amide bonds. The summed E-state index contributed by atoms with van der Waals surface area (Å²) < 4.78 is 0. The van der Waals surface area contributed by atoms with Crippen LogP contribution in [-0.2, 0) is 4.79 Å². The summed E-state index contributed by atoms with van der Waals surface area (Å²) >= 11 is 3.91. The molecule has 0 atom stereocenters. The number of hydrogen-bond acceptors (Lipinski definition) is 2. The van der Waals surface area contributed by atoms with Crippen molar-refractivity contribution in [2.75, 3.05) is 5.75 Å². The van der Waals surface area contributed by atoms with Crippen LogP contribution in [0.25, 0.3) is 0 Å². The highest BCUT2D eigenvalue weighted by Gasteiger charge is 2.46. The summed E-state index contributed by atoms with van der Waals surface area (Å²) in [6.07, 6.45) is 2.26. The molecule has 2 nitrogen and oxygen atoms in total. The third-order valence-electron chi connectivity index (χ3n) is 2.43. The van der Waals surface area contributed by atoms with Gasteiger partial charge in [0, 0.05) is 5.54 Å².